The molecule has 3 heteroatoms. The maximum absolute atomic E-state index is 9.17. The van der Waals surface area contributed by atoms with Crippen LogP contribution in [0.4, 0.5) is 0 Å². The summed E-state index contributed by atoms with van der Waals surface area (Å²) < 4.78 is 11.1. The molecule has 15 heavy (non-hydrogen) atoms. The minimum absolute atomic E-state index is 0.107. The molecule has 0 heterocycles. The van der Waals surface area contributed by atoms with E-state index >= 15 is 0 Å². The lowest BCUT2D eigenvalue weighted by atomic mass is 10.2. The molecule has 0 bridgehead atoms. The van der Waals surface area contributed by atoms with Gasteiger partial charge < -0.3 is 14.6 Å². The van der Waals surface area contributed by atoms with Crippen molar-refractivity contribution in [2.24, 2.45) is 0 Å². The standard InChI is InChI=1S/C12H18O3/c1-4-14-12(15-9(2)3)10-5-7-11(13)8-6-10/h5-9,12-13H,4H2,1-3H3. The Morgan fingerprint density at radius 1 is 1.20 bits per heavy atom. The molecule has 0 radical (unpaired) electrons. The molecule has 3 nitrogen and oxygen atoms in total. The average Bonchev–Trinajstić information content (AvgIpc) is 2.17. The summed E-state index contributed by atoms with van der Waals surface area (Å²) in [5.41, 5.74) is 0.920. The van der Waals surface area contributed by atoms with Crippen molar-refractivity contribution >= 4 is 0 Å². The number of rotatable bonds is 5. The van der Waals surface area contributed by atoms with Crippen LogP contribution in [-0.4, -0.2) is 17.8 Å². The SMILES string of the molecule is CCOC(OC(C)C)c1ccc(O)cc1. The lowest BCUT2D eigenvalue weighted by molar-refractivity contribution is -0.164. The first-order chi connectivity index (χ1) is 7.13. The van der Waals surface area contributed by atoms with E-state index in [4.69, 9.17) is 14.6 Å². The monoisotopic (exact) mass is 210 g/mol. The van der Waals surface area contributed by atoms with Gasteiger partial charge in [0.15, 0.2) is 6.29 Å². The molecule has 1 atom stereocenters. The Labute approximate surface area is 90.6 Å². The fourth-order valence-corrected chi connectivity index (χ4v) is 1.24. The molecule has 0 spiro atoms. The Hall–Kier alpha value is -1.06. The molecule has 1 N–H and O–H groups in total. The Morgan fingerprint density at radius 2 is 1.80 bits per heavy atom. The second-order valence-electron chi connectivity index (χ2n) is 3.56. The van der Waals surface area contributed by atoms with E-state index in [1.807, 2.05) is 20.8 Å². The molecule has 1 rings (SSSR count). The van der Waals surface area contributed by atoms with Crippen molar-refractivity contribution in [2.75, 3.05) is 6.61 Å². The van der Waals surface area contributed by atoms with Crippen molar-refractivity contribution in [3.63, 3.8) is 0 Å². The van der Waals surface area contributed by atoms with E-state index in [0.717, 1.165) is 5.56 Å². The summed E-state index contributed by atoms with van der Waals surface area (Å²) in [7, 11) is 0. The first-order valence-electron chi connectivity index (χ1n) is 5.19. The molecular formula is C12H18O3. The molecule has 0 amide bonds. The van der Waals surface area contributed by atoms with Crippen LogP contribution in [0.15, 0.2) is 24.3 Å². The largest absolute Gasteiger partial charge is 0.508 e. The molecule has 84 valence electrons. The number of hydrogen-bond donors (Lipinski definition) is 1. The fraction of sp³-hybridized carbons (Fsp3) is 0.500. The maximum atomic E-state index is 9.17. The van der Waals surface area contributed by atoms with Crippen molar-refractivity contribution in [1.29, 1.82) is 0 Å². The Bertz CT molecular complexity index is 279. The summed E-state index contributed by atoms with van der Waals surface area (Å²) in [6, 6.07) is 6.87. The van der Waals surface area contributed by atoms with E-state index < -0.39 is 0 Å². The van der Waals surface area contributed by atoms with Gasteiger partial charge >= 0.3 is 0 Å². The molecule has 0 aliphatic carbocycles. The van der Waals surface area contributed by atoms with E-state index in [0.29, 0.717) is 6.61 Å². The van der Waals surface area contributed by atoms with Crippen LogP contribution >= 0.6 is 0 Å². The third-order valence-electron chi connectivity index (χ3n) is 1.88. The summed E-state index contributed by atoms with van der Waals surface area (Å²) in [6.45, 7) is 6.45. The summed E-state index contributed by atoms with van der Waals surface area (Å²) in [6.07, 6.45) is -0.244. The third-order valence-corrected chi connectivity index (χ3v) is 1.88. The highest BCUT2D eigenvalue weighted by Crippen LogP contribution is 2.22. The summed E-state index contributed by atoms with van der Waals surface area (Å²) in [5, 5.41) is 9.17. The van der Waals surface area contributed by atoms with E-state index in [2.05, 4.69) is 0 Å². The molecule has 0 saturated heterocycles. The normalized spacial score (nSPS) is 13.1. The summed E-state index contributed by atoms with van der Waals surface area (Å²) in [4.78, 5) is 0. The van der Waals surface area contributed by atoms with Gasteiger partial charge in [-0.15, -0.1) is 0 Å². The van der Waals surface area contributed by atoms with E-state index in [9.17, 15) is 0 Å². The van der Waals surface area contributed by atoms with E-state index in [1.165, 1.54) is 0 Å². The van der Waals surface area contributed by atoms with Gasteiger partial charge in [-0.1, -0.05) is 12.1 Å². The zero-order valence-corrected chi connectivity index (χ0v) is 9.43. The van der Waals surface area contributed by atoms with Crippen molar-refractivity contribution < 1.29 is 14.6 Å². The van der Waals surface area contributed by atoms with Gasteiger partial charge in [-0.25, -0.2) is 0 Å². The average molecular weight is 210 g/mol. The molecule has 1 unspecified atom stereocenters. The number of ether oxygens (including phenoxy) is 2. The smallest absolute Gasteiger partial charge is 0.184 e. The Balaban J connectivity index is 2.74. The Kier molecular flexibility index (Phi) is 4.59. The fourth-order valence-electron chi connectivity index (χ4n) is 1.24. The number of hydrogen-bond acceptors (Lipinski definition) is 3. The molecule has 1 aromatic carbocycles. The number of phenols is 1. The maximum Gasteiger partial charge on any atom is 0.184 e. The highest BCUT2D eigenvalue weighted by atomic mass is 16.7. The van der Waals surface area contributed by atoms with Crippen LogP contribution in [-0.2, 0) is 9.47 Å². The second-order valence-corrected chi connectivity index (χ2v) is 3.56. The molecule has 0 aliphatic rings. The van der Waals surface area contributed by atoms with Crippen LogP contribution in [0, 0.1) is 0 Å². The molecule has 0 saturated carbocycles. The second kappa shape index (κ2) is 5.73. The first kappa shape index (κ1) is 12.0. The highest BCUT2D eigenvalue weighted by molar-refractivity contribution is 5.26. The Morgan fingerprint density at radius 3 is 2.27 bits per heavy atom. The predicted octanol–water partition coefficient (Wildman–Crippen LogP) is 2.85. The van der Waals surface area contributed by atoms with Crippen LogP contribution in [0.25, 0.3) is 0 Å². The van der Waals surface area contributed by atoms with Crippen molar-refractivity contribution in [3.8, 4) is 5.75 Å². The van der Waals surface area contributed by atoms with Crippen molar-refractivity contribution in [3.05, 3.63) is 29.8 Å². The topological polar surface area (TPSA) is 38.7 Å². The van der Waals surface area contributed by atoms with Crippen LogP contribution in [0.5, 0.6) is 5.75 Å². The molecule has 0 fully saturated rings. The molecule has 0 aromatic heterocycles. The highest BCUT2D eigenvalue weighted by Gasteiger charge is 2.13. The quantitative estimate of drug-likeness (QED) is 0.759. The van der Waals surface area contributed by atoms with Gasteiger partial charge in [0.25, 0.3) is 0 Å². The minimum Gasteiger partial charge on any atom is -0.508 e. The van der Waals surface area contributed by atoms with Crippen LogP contribution in [0.2, 0.25) is 0 Å². The van der Waals surface area contributed by atoms with Gasteiger partial charge in [-0.3, -0.25) is 0 Å². The number of benzene rings is 1. The molecular weight excluding hydrogens is 192 g/mol. The van der Waals surface area contributed by atoms with Gasteiger partial charge in [0.1, 0.15) is 5.75 Å². The van der Waals surface area contributed by atoms with Crippen LogP contribution in [0.3, 0.4) is 0 Å². The van der Waals surface area contributed by atoms with Gasteiger partial charge in [0.05, 0.1) is 6.10 Å². The van der Waals surface area contributed by atoms with Crippen LogP contribution < -0.4 is 0 Å². The van der Waals surface area contributed by atoms with Crippen molar-refractivity contribution in [2.45, 2.75) is 33.2 Å². The van der Waals surface area contributed by atoms with Crippen molar-refractivity contribution in [1.82, 2.24) is 0 Å². The van der Waals surface area contributed by atoms with Gasteiger partial charge in [-0.05, 0) is 32.9 Å². The number of phenolic OH excluding ortho intramolecular Hbond substituents is 1. The summed E-state index contributed by atoms with van der Waals surface area (Å²) >= 11 is 0. The predicted molar refractivity (Wildman–Crippen MR) is 58.7 cm³/mol. The molecule has 0 aliphatic heterocycles. The van der Waals surface area contributed by atoms with Crippen LogP contribution in [0.1, 0.15) is 32.6 Å². The number of aromatic hydroxyl groups is 1. The third kappa shape index (κ3) is 3.90. The lowest BCUT2D eigenvalue weighted by Gasteiger charge is -2.20. The lowest BCUT2D eigenvalue weighted by Crippen LogP contribution is -2.13. The van der Waals surface area contributed by atoms with E-state index in [-0.39, 0.29) is 18.1 Å². The zero-order chi connectivity index (χ0) is 11.3. The summed E-state index contributed by atoms with van der Waals surface area (Å²) in [5.74, 6) is 0.249. The van der Waals surface area contributed by atoms with Gasteiger partial charge in [0.2, 0.25) is 0 Å². The van der Waals surface area contributed by atoms with Gasteiger partial charge in [0, 0.05) is 12.2 Å². The molecule has 1 aromatic rings. The van der Waals surface area contributed by atoms with E-state index in [1.54, 1.807) is 24.3 Å². The first-order valence-corrected chi connectivity index (χ1v) is 5.19. The minimum atomic E-state index is -0.351. The van der Waals surface area contributed by atoms with Gasteiger partial charge in [-0.2, -0.15) is 0 Å². The zero-order valence-electron chi connectivity index (χ0n) is 9.43.